The van der Waals surface area contributed by atoms with Gasteiger partial charge in [-0.15, -0.1) is 0 Å². The van der Waals surface area contributed by atoms with Crippen molar-refractivity contribution in [3.8, 4) is 0 Å². The Bertz CT molecular complexity index is 361. The van der Waals surface area contributed by atoms with Crippen LogP contribution in [0.3, 0.4) is 0 Å². The van der Waals surface area contributed by atoms with Crippen molar-refractivity contribution >= 4 is 5.91 Å². The molecule has 0 saturated carbocycles. The first-order chi connectivity index (χ1) is 7.50. The van der Waals surface area contributed by atoms with Gasteiger partial charge >= 0.3 is 0 Å². The predicted octanol–water partition coefficient (Wildman–Crippen LogP) is 1.72. The lowest BCUT2D eigenvalue weighted by molar-refractivity contribution is -0.130. The fraction of sp³-hybridized carbons (Fsp3) is 0.462. The molecule has 0 aliphatic rings. The molecule has 3 heteroatoms. The van der Waals surface area contributed by atoms with Gasteiger partial charge in [-0.2, -0.15) is 0 Å². The highest BCUT2D eigenvalue weighted by molar-refractivity contribution is 5.73. The molecular formula is C13H19NO2. The molecule has 0 fully saturated rings. The van der Waals surface area contributed by atoms with Gasteiger partial charge in [0.1, 0.15) is 0 Å². The summed E-state index contributed by atoms with van der Waals surface area (Å²) in [6.45, 7) is 6.18. The third-order valence-corrected chi connectivity index (χ3v) is 2.55. The molecule has 1 unspecified atom stereocenters. The molecular weight excluding hydrogens is 202 g/mol. The largest absolute Gasteiger partial charge is 0.392 e. The molecule has 88 valence electrons. The van der Waals surface area contributed by atoms with E-state index in [1.54, 1.807) is 11.8 Å². The van der Waals surface area contributed by atoms with Crippen LogP contribution in [0.2, 0.25) is 0 Å². The van der Waals surface area contributed by atoms with Gasteiger partial charge in [-0.3, -0.25) is 4.79 Å². The molecule has 1 rings (SSSR count). The molecule has 0 heterocycles. The van der Waals surface area contributed by atoms with Crippen LogP contribution in [0, 0.1) is 6.92 Å². The third kappa shape index (κ3) is 3.66. The summed E-state index contributed by atoms with van der Waals surface area (Å²) >= 11 is 0. The van der Waals surface area contributed by atoms with E-state index in [2.05, 4.69) is 0 Å². The fourth-order valence-electron chi connectivity index (χ4n) is 1.62. The van der Waals surface area contributed by atoms with Crippen molar-refractivity contribution in [1.82, 2.24) is 4.90 Å². The van der Waals surface area contributed by atoms with Crippen molar-refractivity contribution in [2.75, 3.05) is 6.54 Å². The van der Waals surface area contributed by atoms with Crippen LogP contribution in [0.1, 0.15) is 25.0 Å². The number of carbonyl (C=O) groups excluding carboxylic acids is 1. The standard InChI is InChI=1S/C13H19NO2/c1-10-6-4-5-7-13(10)9-14(12(3)16)8-11(2)15/h4-7,11,15H,8-9H2,1-3H3. The lowest BCUT2D eigenvalue weighted by Gasteiger charge is -2.23. The SMILES string of the molecule is CC(=O)N(Cc1ccccc1C)CC(C)O. The number of aliphatic hydroxyl groups excluding tert-OH is 1. The van der Waals surface area contributed by atoms with Gasteiger partial charge in [-0.1, -0.05) is 24.3 Å². The topological polar surface area (TPSA) is 40.5 Å². The van der Waals surface area contributed by atoms with Gasteiger partial charge in [0.05, 0.1) is 6.10 Å². The quantitative estimate of drug-likeness (QED) is 0.841. The molecule has 3 nitrogen and oxygen atoms in total. The Hall–Kier alpha value is -1.35. The average Bonchev–Trinajstić information content (AvgIpc) is 2.19. The van der Waals surface area contributed by atoms with Crippen LogP contribution in [0.15, 0.2) is 24.3 Å². The summed E-state index contributed by atoms with van der Waals surface area (Å²) in [7, 11) is 0. The Morgan fingerprint density at radius 1 is 1.44 bits per heavy atom. The molecule has 1 aromatic carbocycles. The second kappa shape index (κ2) is 5.66. The highest BCUT2D eigenvalue weighted by Gasteiger charge is 2.12. The number of hydrogen-bond donors (Lipinski definition) is 1. The molecule has 1 N–H and O–H groups in total. The minimum Gasteiger partial charge on any atom is -0.392 e. The molecule has 0 aliphatic carbocycles. The Morgan fingerprint density at radius 2 is 2.06 bits per heavy atom. The minimum atomic E-state index is -0.493. The van der Waals surface area contributed by atoms with E-state index < -0.39 is 6.10 Å². The van der Waals surface area contributed by atoms with E-state index in [0.29, 0.717) is 13.1 Å². The monoisotopic (exact) mass is 221 g/mol. The Kier molecular flexibility index (Phi) is 4.50. The fourth-order valence-corrected chi connectivity index (χ4v) is 1.62. The molecule has 0 aromatic heterocycles. The number of hydrogen-bond acceptors (Lipinski definition) is 2. The Balaban J connectivity index is 2.76. The minimum absolute atomic E-state index is 0.0100. The molecule has 1 amide bonds. The smallest absolute Gasteiger partial charge is 0.219 e. The number of aryl methyl sites for hydroxylation is 1. The highest BCUT2D eigenvalue weighted by atomic mass is 16.3. The number of rotatable bonds is 4. The van der Waals surface area contributed by atoms with Crippen LogP contribution in [0.25, 0.3) is 0 Å². The van der Waals surface area contributed by atoms with E-state index in [1.165, 1.54) is 12.5 Å². The van der Waals surface area contributed by atoms with Crippen molar-refractivity contribution in [1.29, 1.82) is 0 Å². The van der Waals surface area contributed by atoms with Crippen molar-refractivity contribution in [3.05, 3.63) is 35.4 Å². The van der Waals surface area contributed by atoms with Crippen molar-refractivity contribution in [3.63, 3.8) is 0 Å². The van der Waals surface area contributed by atoms with E-state index >= 15 is 0 Å². The van der Waals surface area contributed by atoms with Crippen molar-refractivity contribution < 1.29 is 9.90 Å². The number of amides is 1. The van der Waals surface area contributed by atoms with Crippen LogP contribution in [0.4, 0.5) is 0 Å². The van der Waals surface area contributed by atoms with Gasteiger partial charge in [0.15, 0.2) is 0 Å². The maximum atomic E-state index is 11.4. The molecule has 0 spiro atoms. The number of carbonyl (C=O) groups is 1. The van der Waals surface area contributed by atoms with Crippen molar-refractivity contribution in [2.24, 2.45) is 0 Å². The van der Waals surface area contributed by atoms with Crippen LogP contribution in [-0.4, -0.2) is 28.6 Å². The van der Waals surface area contributed by atoms with Gasteiger partial charge in [-0.25, -0.2) is 0 Å². The molecule has 0 radical (unpaired) electrons. The summed E-state index contributed by atoms with van der Waals surface area (Å²) in [5.41, 5.74) is 2.29. The average molecular weight is 221 g/mol. The third-order valence-electron chi connectivity index (χ3n) is 2.55. The first-order valence-corrected chi connectivity index (χ1v) is 5.48. The van der Waals surface area contributed by atoms with Crippen LogP contribution in [-0.2, 0) is 11.3 Å². The molecule has 16 heavy (non-hydrogen) atoms. The first-order valence-electron chi connectivity index (χ1n) is 5.48. The van der Waals surface area contributed by atoms with Crippen molar-refractivity contribution in [2.45, 2.75) is 33.4 Å². The number of benzene rings is 1. The Morgan fingerprint density at radius 3 is 2.56 bits per heavy atom. The summed E-state index contributed by atoms with van der Waals surface area (Å²) in [6.07, 6.45) is -0.493. The first kappa shape index (κ1) is 12.7. The predicted molar refractivity (Wildman–Crippen MR) is 64.0 cm³/mol. The summed E-state index contributed by atoms with van der Waals surface area (Å²) in [6, 6.07) is 7.97. The van der Waals surface area contributed by atoms with E-state index in [0.717, 1.165) is 5.56 Å². The molecule has 0 saturated heterocycles. The maximum Gasteiger partial charge on any atom is 0.219 e. The van der Waals surface area contributed by atoms with Gasteiger partial charge in [0, 0.05) is 20.0 Å². The van der Waals surface area contributed by atoms with Gasteiger partial charge < -0.3 is 10.0 Å². The molecule has 1 aromatic rings. The number of nitrogens with zero attached hydrogens (tertiary/aromatic N) is 1. The summed E-state index contributed by atoms with van der Waals surface area (Å²) in [5.74, 6) is -0.0100. The van der Waals surface area contributed by atoms with Crippen LogP contribution >= 0.6 is 0 Å². The van der Waals surface area contributed by atoms with E-state index in [1.807, 2.05) is 31.2 Å². The summed E-state index contributed by atoms with van der Waals surface area (Å²) in [4.78, 5) is 13.1. The molecule has 1 atom stereocenters. The van der Waals surface area contributed by atoms with E-state index in [-0.39, 0.29) is 5.91 Å². The van der Waals surface area contributed by atoms with Crippen LogP contribution < -0.4 is 0 Å². The van der Waals surface area contributed by atoms with E-state index in [4.69, 9.17) is 0 Å². The van der Waals surface area contributed by atoms with Gasteiger partial charge in [0.25, 0.3) is 0 Å². The zero-order valence-corrected chi connectivity index (χ0v) is 10.1. The lowest BCUT2D eigenvalue weighted by Crippen LogP contribution is -2.34. The molecule has 0 bridgehead atoms. The highest BCUT2D eigenvalue weighted by Crippen LogP contribution is 2.10. The summed E-state index contributed by atoms with van der Waals surface area (Å²) in [5, 5.41) is 9.33. The second-order valence-corrected chi connectivity index (χ2v) is 4.18. The zero-order valence-electron chi connectivity index (χ0n) is 10.1. The van der Waals surface area contributed by atoms with Gasteiger partial charge in [0.2, 0.25) is 5.91 Å². The Labute approximate surface area is 96.7 Å². The normalized spacial score (nSPS) is 12.2. The molecule has 0 aliphatic heterocycles. The lowest BCUT2D eigenvalue weighted by atomic mass is 10.1. The van der Waals surface area contributed by atoms with E-state index in [9.17, 15) is 9.90 Å². The number of aliphatic hydroxyl groups is 1. The van der Waals surface area contributed by atoms with Gasteiger partial charge in [-0.05, 0) is 25.0 Å². The van der Waals surface area contributed by atoms with Crippen LogP contribution in [0.5, 0.6) is 0 Å². The second-order valence-electron chi connectivity index (χ2n) is 4.18. The zero-order chi connectivity index (χ0) is 12.1. The summed E-state index contributed by atoms with van der Waals surface area (Å²) < 4.78 is 0. The maximum absolute atomic E-state index is 11.4.